The molecule has 1 aromatic rings. The summed E-state index contributed by atoms with van der Waals surface area (Å²) in [5.41, 5.74) is 5.40. The van der Waals surface area contributed by atoms with Crippen LogP contribution in [0.2, 0.25) is 0 Å². The van der Waals surface area contributed by atoms with Gasteiger partial charge >= 0.3 is 29.6 Å². The normalized spacial score (nSPS) is 22.3. The summed E-state index contributed by atoms with van der Waals surface area (Å²) in [6, 6.07) is -0.964. The number of carbonyl (C=O) groups excluding carboxylic acids is 4. The third kappa shape index (κ3) is 5.28. The van der Waals surface area contributed by atoms with Gasteiger partial charge in [0.25, 0.3) is 11.8 Å². The molecule has 11 nitrogen and oxygen atoms in total. The number of hydrogen-bond donors (Lipinski definition) is 2. The Bertz CT molecular complexity index is 1120. The van der Waals surface area contributed by atoms with Crippen molar-refractivity contribution in [2.24, 2.45) is 5.16 Å². The smallest absolute Gasteiger partial charge is 0.543 e. The van der Waals surface area contributed by atoms with Crippen LogP contribution in [-0.4, -0.2) is 68.5 Å². The topological polar surface area (TPSA) is 167 Å². The van der Waals surface area contributed by atoms with E-state index in [0.29, 0.717) is 15.6 Å². The molecule has 1 fully saturated rings. The van der Waals surface area contributed by atoms with Crippen molar-refractivity contribution in [2.75, 3.05) is 24.3 Å². The minimum atomic E-state index is -1.49. The predicted molar refractivity (Wildman–Crippen MR) is 120 cm³/mol. The predicted octanol–water partition coefficient (Wildman–Crippen LogP) is -3.67. The number of hydrogen-bond acceptors (Lipinski definition) is 13. The molecule has 1 saturated heterocycles. The number of thiazole rings is 1. The van der Waals surface area contributed by atoms with Gasteiger partial charge in [-0.2, -0.15) is 0 Å². The number of carbonyl (C=O) groups is 4. The average Bonchev–Trinajstić information content (AvgIpc) is 3.37. The maximum absolute atomic E-state index is 12.8. The van der Waals surface area contributed by atoms with Gasteiger partial charge in [-0.1, -0.05) is 28.7 Å². The molecule has 0 saturated carbocycles. The molecule has 2 atom stereocenters. The molecule has 0 unspecified atom stereocenters. The van der Waals surface area contributed by atoms with E-state index < -0.39 is 29.2 Å². The second kappa shape index (κ2) is 10.8. The van der Waals surface area contributed by atoms with Crippen LogP contribution < -0.4 is 45.7 Å². The van der Waals surface area contributed by atoms with Crippen LogP contribution in [0.3, 0.4) is 0 Å². The van der Waals surface area contributed by atoms with Crippen molar-refractivity contribution in [1.82, 2.24) is 15.2 Å². The standard InChI is InChI=1S/C17H15N5O6S4.Na/c1-28-21-10(7-4-31-17(18)19-7)13(24)20-11-14(25)22-12(16(26)27)8(5-30-15(11)22)32-6-2-9(23)29-3-6;/h2,4,11,15H,3,5H2,1H3,(H2,18,19)(H,20,24)(H,26,27);/q;+1/p-1/b21-10-;/t11-,15-;/m1./s1. The average molecular weight is 536 g/mol. The Morgan fingerprint density at radius 3 is 2.73 bits per heavy atom. The van der Waals surface area contributed by atoms with Crippen LogP contribution in [-0.2, 0) is 24.0 Å². The van der Waals surface area contributed by atoms with Gasteiger partial charge in [0.05, 0.1) is 11.7 Å². The van der Waals surface area contributed by atoms with Gasteiger partial charge in [0.2, 0.25) is 5.12 Å². The van der Waals surface area contributed by atoms with Crippen molar-refractivity contribution in [3.05, 3.63) is 32.7 Å². The number of anilines is 1. The second-order valence-corrected chi connectivity index (χ2v) is 10.6. The molecular weight excluding hydrogens is 521 g/mol. The molecule has 4 heterocycles. The molecule has 0 radical (unpaired) electrons. The Labute approximate surface area is 226 Å². The first-order valence-corrected chi connectivity index (χ1v) is 12.6. The van der Waals surface area contributed by atoms with E-state index in [9.17, 15) is 24.3 Å². The third-order valence-corrected chi connectivity index (χ3v) is 8.75. The minimum absolute atomic E-state index is 0. The van der Waals surface area contributed by atoms with E-state index in [-0.39, 0.29) is 62.7 Å². The maximum atomic E-state index is 12.8. The van der Waals surface area contributed by atoms with Crippen LogP contribution in [0.1, 0.15) is 5.69 Å². The number of carboxylic acid groups (broad SMARTS) is 1. The van der Waals surface area contributed by atoms with E-state index in [4.69, 9.17) is 10.6 Å². The maximum Gasteiger partial charge on any atom is 1.00 e. The monoisotopic (exact) mass is 535 g/mol. The first-order valence-electron chi connectivity index (χ1n) is 8.88. The molecule has 33 heavy (non-hydrogen) atoms. The van der Waals surface area contributed by atoms with Gasteiger partial charge in [0.15, 0.2) is 10.8 Å². The molecule has 0 spiro atoms. The number of nitrogen functional groups attached to an aromatic ring is 1. The molecule has 4 rings (SSSR count). The number of thioether (sulfide) groups is 3. The number of aromatic nitrogens is 1. The van der Waals surface area contributed by atoms with Crippen molar-refractivity contribution in [3.8, 4) is 0 Å². The van der Waals surface area contributed by atoms with Gasteiger partial charge < -0.3 is 25.8 Å². The zero-order valence-corrected chi connectivity index (χ0v) is 22.5. The minimum Gasteiger partial charge on any atom is -0.543 e. The van der Waals surface area contributed by atoms with Gasteiger partial charge in [-0.25, -0.2) is 4.98 Å². The number of aliphatic carboxylic acids is 1. The van der Waals surface area contributed by atoms with Crippen LogP contribution in [0.25, 0.3) is 0 Å². The largest absolute Gasteiger partial charge is 1.00 e. The summed E-state index contributed by atoms with van der Waals surface area (Å²) in [6.07, 6.45) is 1.45. The Morgan fingerprint density at radius 2 is 2.15 bits per heavy atom. The summed E-state index contributed by atoms with van der Waals surface area (Å²) in [4.78, 5) is 59.7. The van der Waals surface area contributed by atoms with Gasteiger partial charge in [-0.3, -0.25) is 19.3 Å². The van der Waals surface area contributed by atoms with Crippen LogP contribution in [0, 0.1) is 0 Å². The zero-order chi connectivity index (χ0) is 23.0. The number of nitrogens with two attached hydrogens (primary N) is 1. The SMILES string of the molecule is CO/N=C(\C(=O)N[C@@H]1C(=O)N2C(C(=O)[O-])=C(SC3=CC(=O)SC3)CS[C@H]12)c1csc(N)n1.[Na+]. The fourth-order valence-corrected chi connectivity index (χ4v) is 7.16. The van der Waals surface area contributed by atoms with E-state index in [2.05, 4.69) is 15.5 Å². The first-order chi connectivity index (χ1) is 15.3. The molecule has 3 N–H and O–H groups in total. The molecule has 3 aliphatic heterocycles. The van der Waals surface area contributed by atoms with E-state index in [1.54, 1.807) is 0 Å². The van der Waals surface area contributed by atoms with E-state index in [1.807, 2.05) is 0 Å². The van der Waals surface area contributed by atoms with Crippen molar-refractivity contribution >= 4 is 80.4 Å². The summed E-state index contributed by atoms with van der Waals surface area (Å²) in [5.74, 6) is -2.05. The number of nitrogens with zero attached hydrogens (tertiary/aromatic N) is 3. The zero-order valence-electron chi connectivity index (χ0n) is 17.2. The number of nitrogens with one attached hydrogen (secondary N) is 1. The number of rotatable bonds is 7. The molecule has 16 heteroatoms. The van der Waals surface area contributed by atoms with Crippen LogP contribution >= 0.6 is 46.6 Å². The molecule has 0 aliphatic carbocycles. The van der Waals surface area contributed by atoms with E-state index >= 15 is 0 Å². The number of fused-ring (bicyclic) bond motifs is 1. The summed E-state index contributed by atoms with van der Waals surface area (Å²) in [5, 5.41) is 19.1. The molecule has 0 bridgehead atoms. The summed E-state index contributed by atoms with van der Waals surface area (Å²) >= 11 is 4.70. The van der Waals surface area contributed by atoms with Crippen LogP contribution in [0.4, 0.5) is 5.13 Å². The first kappa shape index (κ1) is 26.1. The molecule has 168 valence electrons. The van der Waals surface area contributed by atoms with Crippen molar-refractivity contribution in [2.45, 2.75) is 11.4 Å². The van der Waals surface area contributed by atoms with Gasteiger partial charge in [0, 0.05) is 32.8 Å². The second-order valence-electron chi connectivity index (χ2n) is 6.43. The fraction of sp³-hybridized carbons (Fsp3) is 0.294. The summed E-state index contributed by atoms with van der Waals surface area (Å²) in [6.45, 7) is 0. The molecule has 0 aromatic carbocycles. The fourth-order valence-electron chi connectivity index (χ4n) is 3.14. The quantitative estimate of drug-likeness (QED) is 0.153. The third-order valence-electron chi connectivity index (χ3n) is 4.47. The number of carboxylic acids is 1. The number of amides is 2. The Balaban J connectivity index is 0.00000306. The van der Waals surface area contributed by atoms with Gasteiger partial charge in [-0.05, 0) is 0 Å². The van der Waals surface area contributed by atoms with Crippen LogP contribution in [0.5, 0.6) is 0 Å². The van der Waals surface area contributed by atoms with Gasteiger partial charge in [-0.15, -0.1) is 23.1 Å². The number of β-lactam (4-membered cyclic amide) rings is 1. The van der Waals surface area contributed by atoms with E-state index in [0.717, 1.165) is 39.8 Å². The van der Waals surface area contributed by atoms with Crippen molar-refractivity contribution in [1.29, 1.82) is 0 Å². The summed E-state index contributed by atoms with van der Waals surface area (Å²) in [7, 11) is 1.26. The Hall–Kier alpha value is -1.49. The van der Waals surface area contributed by atoms with Gasteiger partial charge in [0.1, 0.15) is 24.2 Å². The van der Waals surface area contributed by atoms with Crippen molar-refractivity contribution in [3.63, 3.8) is 0 Å². The molecular formula is C17H14N5NaO6S4. The molecule has 3 aliphatic rings. The van der Waals surface area contributed by atoms with Crippen molar-refractivity contribution < 1.29 is 58.7 Å². The Kier molecular flexibility index (Phi) is 8.58. The molecule has 2 amide bonds. The number of oxime groups is 1. The summed E-state index contributed by atoms with van der Waals surface area (Å²) < 4.78 is 0. The molecule has 1 aromatic heterocycles. The Morgan fingerprint density at radius 1 is 1.39 bits per heavy atom. The van der Waals surface area contributed by atoms with E-state index in [1.165, 1.54) is 30.3 Å². The van der Waals surface area contributed by atoms with Crippen LogP contribution in [0.15, 0.2) is 32.1 Å².